The zero-order valence-electron chi connectivity index (χ0n) is 14.9. The van der Waals surface area contributed by atoms with Gasteiger partial charge in [-0.15, -0.1) is 23.4 Å². The van der Waals surface area contributed by atoms with Crippen molar-refractivity contribution in [3.63, 3.8) is 0 Å². The van der Waals surface area contributed by atoms with Gasteiger partial charge in [0, 0.05) is 17.2 Å². The second kappa shape index (κ2) is 9.81. The molecule has 1 fully saturated rings. The van der Waals surface area contributed by atoms with Crippen LogP contribution in [0.1, 0.15) is 18.4 Å². The van der Waals surface area contributed by atoms with Crippen LogP contribution in [0.2, 0.25) is 0 Å². The largest absolute Gasteiger partial charge is 0.459 e. The number of esters is 1. The van der Waals surface area contributed by atoms with Crippen molar-refractivity contribution in [3.8, 4) is 0 Å². The molecule has 0 bridgehead atoms. The van der Waals surface area contributed by atoms with Gasteiger partial charge >= 0.3 is 5.97 Å². The second-order valence-electron chi connectivity index (χ2n) is 6.37. The summed E-state index contributed by atoms with van der Waals surface area (Å²) in [5, 5.41) is -0.669. The standard InChI is InChI=1S/C21H22ClNO3S/c22-18(15-27-17-10-5-2-6-11-17)20(24)23-13-7-12-19(23)21(25)26-14-16-8-3-1-4-9-16/h1-6,8-11,18-19H,7,12-15H2/t18-,19-/m0/s1. The Morgan fingerprint density at radius 3 is 2.48 bits per heavy atom. The van der Waals surface area contributed by atoms with E-state index < -0.39 is 11.4 Å². The normalized spacial score (nSPS) is 17.5. The van der Waals surface area contributed by atoms with E-state index in [2.05, 4.69) is 0 Å². The Bertz CT molecular complexity index is 757. The number of nitrogens with zero attached hydrogens (tertiary/aromatic N) is 1. The summed E-state index contributed by atoms with van der Waals surface area (Å²) in [4.78, 5) is 27.8. The van der Waals surface area contributed by atoms with Crippen molar-refractivity contribution in [2.45, 2.75) is 35.8 Å². The maximum absolute atomic E-state index is 12.7. The minimum Gasteiger partial charge on any atom is -0.459 e. The number of hydrogen-bond acceptors (Lipinski definition) is 4. The van der Waals surface area contributed by atoms with Gasteiger partial charge in [0.1, 0.15) is 18.0 Å². The molecule has 0 saturated carbocycles. The van der Waals surface area contributed by atoms with Gasteiger partial charge in [-0.1, -0.05) is 48.5 Å². The number of alkyl halides is 1. The van der Waals surface area contributed by atoms with E-state index >= 15 is 0 Å². The van der Waals surface area contributed by atoms with Crippen molar-refractivity contribution in [3.05, 3.63) is 66.2 Å². The lowest BCUT2D eigenvalue weighted by Crippen LogP contribution is -2.45. The van der Waals surface area contributed by atoms with Gasteiger partial charge in [-0.05, 0) is 30.5 Å². The predicted octanol–water partition coefficient (Wildman–Crippen LogP) is 4.12. The first kappa shape index (κ1) is 19.8. The number of thioether (sulfide) groups is 1. The topological polar surface area (TPSA) is 46.6 Å². The molecule has 0 N–H and O–H groups in total. The highest BCUT2D eigenvalue weighted by Gasteiger charge is 2.37. The highest BCUT2D eigenvalue weighted by Crippen LogP contribution is 2.25. The van der Waals surface area contributed by atoms with Crippen molar-refractivity contribution in [2.75, 3.05) is 12.3 Å². The molecule has 1 aliphatic rings. The van der Waals surface area contributed by atoms with Gasteiger partial charge in [-0.2, -0.15) is 0 Å². The van der Waals surface area contributed by atoms with Crippen molar-refractivity contribution < 1.29 is 14.3 Å². The second-order valence-corrected chi connectivity index (χ2v) is 7.99. The average molecular weight is 404 g/mol. The molecule has 1 aliphatic heterocycles. The molecule has 0 aliphatic carbocycles. The number of carbonyl (C=O) groups is 2. The molecule has 1 heterocycles. The molecule has 27 heavy (non-hydrogen) atoms. The first-order chi connectivity index (χ1) is 13.1. The van der Waals surface area contributed by atoms with Crippen LogP contribution in [-0.2, 0) is 20.9 Å². The van der Waals surface area contributed by atoms with Gasteiger partial charge < -0.3 is 9.64 Å². The first-order valence-electron chi connectivity index (χ1n) is 8.98. The Hall–Kier alpha value is -1.98. The summed E-state index contributed by atoms with van der Waals surface area (Å²) in [6.07, 6.45) is 1.40. The molecule has 2 aromatic carbocycles. The molecular formula is C21H22ClNO3S. The smallest absolute Gasteiger partial charge is 0.329 e. The monoisotopic (exact) mass is 403 g/mol. The van der Waals surface area contributed by atoms with Crippen LogP contribution in [0.25, 0.3) is 0 Å². The molecule has 0 radical (unpaired) electrons. The molecule has 142 valence electrons. The Kier molecular flexibility index (Phi) is 7.18. The van der Waals surface area contributed by atoms with Gasteiger partial charge in [-0.25, -0.2) is 4.79 Å². The lowest BCUT2D eigenvalue weighted by atomic mass is 10.2. The zero-order chi connectivity index (χ0) is 19.1. The third-order valence-electron chi connectivity index (χ3n) is 4.44. The summed E-state index contributed by atoms with van der Waals surface area (Å²) in [7, 11) is 0. The lowest BCUT2D eigenvalue weighted by Gasteiger charge is -2.25. The van der Waals surface area contributed by atoms with E-state index in [0.29, 0.717) is 18.7 Å². The van der Waals surface area contributed by atoms with Gasteiger partial charge in [0.05, 0.1) is 0 Å². The predicted molar refractivity (Wildman–Crippen MR) is 108 cm³/mol. The third kappa shape index (κ3) is 5.50. The number of benzene rings is 2. The van der Waals surface area contributed by atoms with E-state index in [-0.39, 0.29) is 18.5 Å². The van der Waals surface area contributed by atoms with Crippen LogP contribution >= 0.6 is 23.4 Å². The number of halogens is 1. The highest BCUT2D eigenvalue weighted by molar-refractivity contribution is 7.99. The van der Waals surface area contributed by atoms with E-state index in [4.69, 9.17) is 16.3 Å². The number of rotatable bonds is 7. The third-order valence-corrected chi connectivity index (χ3v) is 6.07. The number of carbonyl (C=O) groups excluding carboxylic acids is 2. The van der Waals surface area contributed by atoms with Crippen molar-refractivity contribution in [1.29, 1.82) is 0 Å². The molecular weight excluding hydrogens is 382 g/mol. The molecule has 0 spiro atoms. The Morgan fingerprint density at radius 2 is 1.78 bits per heavy atom. The lowest BCUT2D eigenvalue weighted by molar-refractivity contribution is -0.154. The van der Waals surface area contributed by atoms with E-state index in [1.165, 1.54) is 11.8 Å². The van der Waals surface area contributed by atoms with Crippen LogP contribution in [0.3, 0.4) is 0 Å². The van der Waals surface area contributed by atoms with Crippen LogP contribution in [0.5, 0.6) is 0 Å². The van der Waals surface area contributed by atoms with Crippen molar-refractivity contribution in [1.82, 2.24) is 4.90 Å². The number of hydrogen-bond donors (Lipinski definition) is 0. The van der Waals surface area contributed by atoms with Crippen molar-refractivity contribution >= 4 is 35.2 Å². The van der Waals surface area contributed by atoms with E-state index in [9.17, 15) is 9.59 Å². The van der Waals surface area contributed by atoms with Crippen LogP contribution < -0.4 is 0 Å². The minimum absolute atomic E-state index is 0.195. The summed E-state index contributed by atoms with van der Waals surface area (Å²) < 4.78 is 5.42. The first-order valence-corrected chi connectivity index (χ1v) is 10.4. The average Bonchev–Trinajstić information content (AvgIpc) is 3.21. The maximum atomic E-state index is 12.7. The fraction of sp³-hybridized carbons (Fsp3) is 0.333. The highest BCUT2D eigenvalue weighted by atomic mass is 35.5. The molecule has 4 nitrogen and oxygen atoms in total. The molecule has 3 rings (SSSR count). The Labute approximate surface area is 168 Å². The summed E-state index contributed by atoms with van der Waals surface area (Å²) in [6.45, 7) is 0.759. The van der Waals surface area contributed by atoms with E-state index in [1.54, 1.807) is 4.90 Å². The van der Waals surface area contributed by atoms with E-state index in [1.807, 2.05) is 60.7 Å². The summed E-state index contributed by atoms with van der Waals surface area (Å²) in [5.74, 6) is -0.0873. The van der Waals surface area contributed by atoms with Gasteiger partial charge in [0.15, 0.2) is 0 Å². The van der Waals surface area contributed by atoms with Gasteiger partial charge in [0.25, 0.3) is 0 Å². The number of likely N-dealkylation sites (tertiary alicyclic amines) is 1. The van der Waals surface area contributed by atoms with Crippen LogP contribution in [0, 0.1) is 0 Å². The fourth-order valence-corrected chi connectivity index (χ4v) is 4.18. The molecule has 1 amide bonds. The van der Waals surface area contributed by atoms with Gasteiger partial charge in [-0.3, -0.25) is 4.79 Å². The molecule has 2 aromatic rings. The molecule has 0 unspecified atom stereocenters. The number of amides is 1. The fourth-order valence-electron chi connectivity index (χ4n) is 3.04. The van der Waals surface area contributed by atoms with Crippen LogP contribution in [0.4, 0.5) is 0 Å². The van der Waals surface area contributed by atoms with Crippen molar-refractivity contribution in [2.24, 2.45) is 0 Å². The number of ether oxygens (including phenoxy) is 1. The Morgan fingerprint density at radius 1 is 1.11 bits per heavy atom. The van der Waals surface area contributed by atoms with Crippen LogP contribution in [0.15, 0.2) is 65.6 Å². The molecule has 6 heteroatoms. The zero-order valence-corrected chi connectivity index (χ0v) is 16.5. The summed E-state index contributed by atoms with van der Waals surface area (Å²) in [5.41, 5.74) is 0.927. The van der Waals surface area contributed by atoms with E-state index in [0.717, 1.165) is 16.9 Å². The Balaban J connectivity index is 1.52. The summed E-state index contributed by atoms with van der Waals surface area (Å²) >= 11 is 7.88. The maximum Gasteiger partial charge on any atom is 0.329 e. The quantitative estimate of drug-likeness (QED) is 0.396. The van der Waals surface area contributed by atoms with Crippen LogP contribution in [-0.4, -0.2) is 40.5 Å². The molecule has 0 aromatic heterocycles. The SMILES string of the molecule is O=C(OCc1ccccc1)[C@@H]1CCCN1C(=O)[C@@H](Cl)CSc1ccccc1. The summed E-state index contributed by atoms with van der Waals surface area (Å²) in [6, 6.07) is 18.8. The van der Waals surface area contributed by atoms with Gasteiger partial charge in [0.2, 0.25) is 5.91 Å². The molecule has 1 saturated heterocycles. The minimum atomic E-state index is -0.669. The molecule has 2 atom stereocenters.